The number of anilines is 1. The van der Waals surface area contributed by atoms with Gasteiger partial charge in [-0.05, 0) is 56.3 Å². The molecular formula is C19H19N3O3. The van der Waals surface area contributed by atoms with Crippen molar-refractivity contribution in [2.75, 3.05) is 12.4 Å². The largest absolute Gasteiger partial charge is 0.497 e. The number of fused-ring (bicyclic) bond motifs is 1. The summed E-state index contributed by atoms with van der Waals surface area (Å²) in [5.74, 6) is 1.39. The summed E-state index contributed by atoms with van der Waals surface area (Å²) in [4.78, 5) is 21.1. The Bertz CT molecular complexity index is 892. The molecule has 0 bridgehead atoms. The fraction of sp³-hybridized carbons (Fsp3) is 0.211. The second-order valence-electron chi connectivity index (χ2n) is 5.74. The molecule has 3 aromatic rings. The lowest BCUT2D eigenvalue weighted by atomic mass is 10.2. The minimum Gasteiger partial charge on any atom is -0.497 e. The molecule has 0 unspecified atom stereocenters. The zero-order chi connectivity index (χ0) is 17.8. The number of pyridine rings is 2. The SMILES string of the molecule is COc1ccc(C(=O)Nc2ccc3ccc(OC(C)C)nc3n2)cc1. The molecule has 0 aliphatic heterocycles. The fourth-order valence-electron chi connectivity index (χ4n) is 2.29. The number of nitrogens with one attached hydrogen (secondary N) is 1. The number of amides is 1. The Labute approximate surface area is 145 Å². The van der Waals surface area contributed by atoms with Crippen LogP contribution >= 0.6 is 0 Å². The molecule has 2 aromatic heterocycles. The van der Waals surface area contributed by atoms with Gasteiger partial charge in [0.15, 0.2) is 5.65 Å². The zero-order valence-electron chi connectivity index (χ0n) is 14.3. The number of rotatable bonds is 5. The lowest BCUT2D eigenvalue weighted by Crippen LogP contribution is -2.13. The van der Waals surface area contributed by atoms with Crippen molar-refractivity contribution >= 4 is 22.8 Å². The van der Waals surface area contributed by atoms with Crippen molar-refractivity contribution in [2.45, 2.75) is 20.0 Å². The van der Waals surface area contributed by atoms with Crippen LogP contribution in [-0.4, -0.2) is 29.1 Å². The summed E-state index contributed by atoms with van der Waals surface area (Å²) < 4.78 is 10.7. The first kappa shape index (κ1) is 16.7. The molecule has 0 atom stereocenters. The number of hydrogen-bond acceptors (Lipinski definition) is 5. The van der Waals surface area contributed by atoms with E-state index in [1.807, 2.05) is 26.0 Å². The van der Waals surface area contributed by atoms with Crippen LogP contribution in [0, 0.1) is 0 Å². The molecule has 0 fully saturated rings. The predicted molar refractivity (Wildman–Crippen MR) is 96.2 cm³/mol. The van der Waals surface area contributed by atoms with E-state index in [4.69, 9.17) is 9.47 Å². The molecule has 1 amide bonds. The number of carbonyl (C=O) groups excluding carboxylic acids is 1. The predicted octanol–water partition coefficient (Wildman–Crippen LogP) is 3.68. The maximum atomic E-state index is 12.3. The molecular weight excluding hydrogens is 318 g/mol. The van der Waals surface area contributed by atoms with Gasteiger partial charge in [-0.15, -0.1) is 0 Å². The minimum atomic E-state index is -0.246. The first-order chi connectivity index (χ1) is 12.0. The Kier molecular flexibility index (Phi) is 4.79. The summed E-state index contributed by atoms with van der Waals surface area (Å²) in [7, 11) is 1.58. The molecule has 0 aliphatic rings. The number of ether oxygens (including phenoxy) is 2. The summed E-state index contributed by atoms with van der Waals surface area (Å²) in [6, 6.07) is 14.2. The van der Waals surface area contributed by atoms with Gasteiger partial charge in [-0.25, -0.2) is 4.98 Å². The molecule has 3 rings (SSSR count). The molecule has 0 radical (unpaired) electrons. The van der Waals surface area contributed by atoms with Crippen LogP contribution in [0.4, 0.5) is 5.82 Å². The number of carbonyl (C=O) groups is 1. The van der Waals surface area contributed by atoms with Crippen LogP contribution in [0.3, 0.4) is 0 Å². The molecule has 0 saturated carbocycles. The van der Waals surface area contributed by atoms with Gasteiger partial charge in [-0.3, -0.25) is 4.79 Å². The molecule has 25 heavy (non-hydrogen) atoms. The van der Waals surface area contributed by atoms with E-state index in [1.54, 1.807) is 43.5 Å². The van der Waals surface area contributed by atoms with Gasteiger partial charge in [0.1, 0.15) is 11.6 Å². The molecule has 1 N–H and O–H groups in total. The average Bonchev–Trinajstić information content (AvgIpc) is 2.61. The van der Waals surface area contributed by atoms with Crippen molar-refractivity contribution in [3.8, 4) is 11.6 Å². The Balaban J connectivity index is 1.81. The van der Waals surface area contributed by atoms with Crippen molar-refractivity contribution in [3.63, 3.8) is 0 Å². The monoisotopic (exact) mass is 337 g/mol. The van der Waals surface area contributed by atoms with Crippen LogP contribution in [0.15, 0.2) is 48.5 Å². The van der Waals surface area contributed by atoms with Crippen molar-refractivity contribution in [2.24, 2.45) is 0 Å². The highest BCUT2D eigenvalue weighted by molar-refractivity contribution is 6.04. The van der Waals surface area contributed by atoms with Crippen LogP contribution in [-0.2, 0) is 0 Å². The number of benzene rings is 1. The Morgan fingerprint density at radius 1 is 1.00 bits per heavy atom. The van der Waals surface area contributed by atoms with Crippen molar-refractivity contribution in [3.05, 3.63) is 54.1 Å². The maximum Gasteiger partial charge on any atom is 0.256 e. The van der Waals surface area contributed by atoms with Crippen LogP contribution in [0.2, 0.25) is 0 Å². The van der Waals surface area contributed by atoms with Crippen LogP contribution in [0.25, 0.3) is 11.0 Å². The average molecular weight is 337 g/mol. The van der Waals surface area contributed by atoms with Gasteiger partial charge >= 0.3 is 0 Å². The highest BCUT2D eigenvalue weighted by Crippen LogP contribution is 2.19. The molecule has 128 valence electrons. The summed E-state index contributed by atoms with van der Waals surface area (Å²) in [6.45, 7) is 3.87. The third kappa shape index (κ3) is 4.03. The summed E-state index contributed by atoms with van der Waals surface area (Å²) in [5, 5.41) is 3.65. The van der Waals surface area contributed by atoms with Crippen LogP contribution in [0.5, 0.6) is 11.6 Å². The lowest BCUT2D eigenvalue weighted by molar-refractivity contribution is 0.102. The minimum absolute atomic E-state index is 0.0305. The van der Waals surface area contributed by atoms with Gasteiger partial charge in [0.2, 0.25) is 5.88 Å². The van der Waals surface area contributed by atoms with Gasteiger partial charge < -0.3 is 14.8 Å². The quantitative estimate of drug-likeness (QED) is 0.769. The van der Waals surface area contributed by atoms with Gasteiger partial charge in [-0.1, -0.05) is 0 Å². The fourth-order valence-corrected chi connectivity index (χ4v) is 2.29. The molecule has 1 aromatic carbocycles. The van der Waals surface area contributed by atoms with E-state index in [0.29, 0.717) is 28.7 Å². The van der Waals surface area contributed by atoms with Gasteiger partial charge in [0.05, 0.1) is 13.2 Å². The Morgan fingerprint density at radius 3 is 2.40 bits per heavy atom. The normalized spacial score (nSPS) is 10.7. The molecule has 6 heteroatoms. The van der Waals surface area contributed by atoms with Crippen molar-refractivity contribution in [1.29, 1.82) is 0 Å². The van der Waals surface area contributed by atoms with E-state index in [-0.39, 0.29) is 12.0 Å². The van der Waals surface area contributed by atoms with E-state index >= 15 is 0 Å². The molecule has 6 nitrogen and oxygen atoms in total. The summed E-state index contributed by atoms with van der Waals surface area (Å²) in [6.07, 6.45) is 0.0305. The molecule has 0 aliphatic carbocycles. The van der Waals surface area contributed by atoms with E-state index in [2.05, 4.69) is 15.3 Å². The van der Waals surface area contributed by atoms with Gasteiger partial charge in [-0.2, -0.15) is 4.98 Å². The molecule has 0 spiro atoms. The van der Waals surface area contributed by atoms with Crippen molar-refractivity contribution in [1.82, 2.24) is 9.97 Å². The highest BCUT2D eigenvalue weighted by atomic mass is 16.5. The third-order valence-electron chi connectivity index (χ3n) is 3.48. The lowest BCUT2D eigenvalue weighted by Gasteiger charge is -2.10. The molecule has 2 heterocycles. The maximum absolute atomic E-state index is 12.3. The summed E-state index contributed by atoms with van der Waals surface area (Å²) >= 11 is 0. The van der Waals surface area contributed by atoms with Gasteiger partial charge in [0, 0.05) is 17.0 Å². The first-order valence-corrected chi connectivity index (χ1v) is 7.95. The van der Waals surface area contributed by atoms with E-state index in [0.717, 1.165) is 5.39 Å². The number of aromatic nitrogens is 2. The van der Waals surface area contributed by atoms with E-state index in [9.17, 15) is 4.79 Å². The van der Waals surface area contributed by atoms with Crippen molar-refractivity contribution < 1.29 is 14.3 Å². The standard InChI is InChI=1S/C19H19N3O3/c1-12(2)25-17-11-7-13-6-10-16(20-18(13)22-17)21-19(23)14-4-8-15(24-3)9-5-14/h4-12H,1-3H3,(H,20,21,22,23). The third-order valence-corrected chi connectivity index (χ3v) is 3.48. The van der Waals surface area contributed by atoms with Crippen LogP contribution in [0.1, 0.15) is 24.2 Å². The van der Waals surface area contributed by atoms with Crippen LogP contribution < -0.4 is 14.8 Å². The number of nitrogens with zero attached hydrogens (tertiary/aromatic N) is 2. The highest BCUT2D eigenvalue weighted by Gasteiger charge is 2.09. The zero-order valence-corrected chi connectivity index (χ0v) is 14.3. The van der Waals surface area contributed by atoms with Gasteiger partial charge in [0.25, 0.3) is 5.91 Å². The topological polar surface area (TPSA) is 73.3 Å². The first-order valence-electron chi connectivity index (χ1n) is 7.95. The Morgan fingerprint density at radius 2 is 1.72 bits per heavy atom. The van der Waals surface area contributed by atoms with E-state index < -0.39 is 0 Å². The number of methoxy groups -OCH3 is 1. The Hall–Kier alpha value is -3.15. The smallest absolute Gasteiger partial charge is 0.256 e. The molecule has 0 saturated heterocycles. The van der Waals surface area contributed by atoms with E-state index in [1.165, 1.54) is 0 Å². The second kappa shape index (κ2) is 7.17. The second-order valence-corrected chi connectivity index (χ2v) is 5.74. The number of hydrogen-bond donors (Lipinski definition) is 1. The summed E-state index contributed by atoms with van der Waals surface area (Å²) in [5.41, 5.74) is 1.04.